The number of nitrogens with zero attached hydrogens (tertiary/aromatic N) is 1. The smallest absolute Gasteiger partial charge is 0.338 e. The van der Waals surface area contributed by atoms with E-state index in [2.05, 4.69) is 5.32 Å². The predicted molar refractivity (Wildman–Crippen MR) is 89.9 cm³/mol. The van der Waals surface area contributed by atoms with E-state index in [0.29, 0.717) is 16.5 Å². The van der Waals surface area contributed by atoms with E-state index in [1.165, 1.54) is 18.2 Å². The molecule has 0 aliphatic rings. The Bertz CT molecular complexity index is 734. The van der Waals surface area contributed by atoms with Crippen molar-refractivity contribution in [1.82, 2.24) is 0 Å². The average Bonchev–Trinajstić information content (AvgIpc) is 2.59. The maximum Gasteiger partial charge on any atom is 0.338 e. The molecule has 0 amide bonds. The van der Waals surface area contributed by atoms with Gasteiger partial charge in [-0.15, -0.1) is 0 Å². The zero-order valence-electron chi connectivity index (χ0n) is 12.8. The zero-order chi connectivity index (χ0) is 17.5. The number of hydrogen-bond donors (Lipinski definition) is 1. The molecular weight excluding hydrogens is 336 g/mol. The first kappa shape index (κ1) is 17.6. The predicted octanol–water partition coefficient (Wildman–Crippen LogP) is 3.53. The van der Waals surface area contributed by atoms with Crippen molar-refractivity contribution in [2.45, 2.75) is 0 Å². The van der Waals surface area contributed by atoms with Crippen molar-refractivity contribution in [3.8, 4) is 5.75 Å². The first-order valence-electron chi connectivity index (χ1n) is 7.03. The molecule has 0 unspecified atom stereocenters. The fourth-order valence-corrected chi connectivity index (χ4v) is 2.06. The molecule has 0 aromatic heterocycles. The van der Waals surface area contributed by atoms with Crippen molar-refractivity contribution >= 4 is 28.9 Å². The van der Waals surface area contributed by atoms with Gasteiger partial charge >= 0.3 is 5.97 Å². The first-order valence-corrected chi connectivity index (χ1v) is 7.40. The molecule has 0 atom stereocenters. The van der Waals surface area contributed by atoms with Gasteiger partial charge in [0, 0.05) is 18.1 Å². The van der Waals surface area contributed by atoms with Crippen molar-refractivity contribution < 1.29 is 19.2 Å². The average molecular weight is 351 g/mol. The van der Waals surface area contributed by atoms with Gasteiger partial charge in [0.25, 0.3) is 5.69 Å². The molecule has 0 radical (unpaired) electrons. The minimum absolute atomic E-state index is 0.0169. The van der Waals surface area contributed by atoms with E-state index in [0.717, 1.165) is 0 Å². The van der Waals surface area contributed by atoms with Gasteiger partial charge in [-0.3, -0.25) is 10.1 Å². The van der Waals surface area contributed by atoms with Crippen LogP contribution in [0.2, 0.25) is 5.02 Å². The van der Waals surface area contributed by atoms with E-state index in [1.807, 2.05) is 0 Å². The van der Waals surface area contributed by atoms with E-state index in [-0.39, 0.29) is 24.5 Å². The summed E-state index contributed by atoms with van der Waals surface area (Å²) in [5.41, 5.74) is 0.235. The lowest BCUT2D eigenvalue weighted by molar-refractivity contribution is -0.384. The molecule has 0 aliphatic heterocycles. The normalized spacial score (nSPS) is 10.1. The number of hydrogen-bond acceptors (Lipinski definition) is 6. The third-order valence-corrected chi connectivity index (χ3v) is 3.35. The molecule has 2 aromatic carbocycles. The Morgan fingerprint density at radius 2 is 1.92 bits per heavy atom. The molecule has 126 valence electrons. The summed E-state index contributed by atoms with van der Waals surface area (Å²) >= 11 is 5.76. The van der Waals surface area contributed by atoms with Crippen molar-refractivity contribution in [2.24, 2.45) is 0 Å². The lowest BCUT2D eigenvalue weighted by Crippen LogP contribution is -2.12. The Hall–Kier alpha value is -2.80. The second-order valence-corrected chi connectivity index (χ2v) is 5.11. The highest BCUT2D eigenvalue weighted by Gasteiger charge is 2.17. The summed E-state index contributed by atoms with van der Waals surface area (Å²) in [6.07, 6.45) is 0. The highest BCUT2D eigenvalue weighted by atomic mass is 35.5. The summed E-state index contributed by atoms with van der Waals surface area (Å²) in [6, 6.07) is 10.9. The second kappa shape index (κ2) is 8.16. The Morgan fingerprint density at radius 1 is 1.21 bits per heavy atom. The number of halogens is 1. The Balaban J connectivity index is 1.89. The minimum Gasteiger partial charge on any atom is -0.490 e. The van der Waals surface area contributed by atoms with Crippen LogP contribution in [0.3, 0.4) is 0 Å². The minimum atomic E-state index is -0.652. The van der Waals surface area contributed by atoms with E-state index in [4.69, 9.17) is 21.1 Å². The monoisotopic (exact) mass is 350 g/mol. The van der Waals surface area contributed by atoms with Gasteiger partial charge in [0.2, 0.25) is 0 Å². The number of carbonyl (C=O) groups excluding carboxylic acids is 1. The third-order valence-electron chi connectivity index (χ3n) is 3.10. The number of nitro benzene ring substituents is 1. The van der Waals surface area contributed by atoms with Gasteiger partial charge in [0.15, 0.2) is 0 Å². The van der Waals surface area contributed by atoms with Crippen LogP contribution >= 0.6 is 11.6 Å². The number of benzene rings is 2. The van der Waals surface area contributed by atoms with Crippen LogP contribution in [0.1, 0.15) is 10.4 Å². The Morgan fingerprint density at radius 3 is 2.54 bits per heavy atom. The molecule has 0 aliphatic carbocycles. The maximum absolute atomic E-state index is 11.9. The molecule has 8 heteroatoms. The van der Waals surface area contributed by atoms with E-state index < -0.39 is 10.9 Å². The lowest BCUT2D eigenvalue weighted by atomic mass is 10.1. The number of anilines is 1. The van der Waals surface area contributed by atoms with Gasteiger partial charge in [-0.2, -0.15) is 0 Å². The molecule has 0 spiro atoms. The Kier molecular flexibility index (Phi) is 5.97. The fraction of sp³-hybridized carbons (Fsp3) is 0.188. The summed E-state index contributed by atoms with van der Waals surface area (Å²) in [4.78, 5) is 22.4. The summed E-state index contributed by atoms with van der Waals surface area (Å²) in [5.74, 6) is -0.0510. The Labute approximate surface area is 143 Å². The van der Waals surface area contributed by atoms with Crippen LogP contribution in [0.4, 0.5) is 11.4 Å². The number of carbonyl (C=O) groups is 1. The molecule has 0 bridgehead atoms. The molecule has 0 saturated carbocycles. The van der Waals surface area contributed by atoms with Crippen LogP contribution in [0, 0.1) is 10.1 Å². The largest absolute Gasteiger partial charge is 0.490 e. The molecular formula is C16H15ClN2O5. The summed E-state index contributed by atoms with van der Waals surface area (Å²) < 4.78 is 10.4. The van der Waals surface area contributed by atoms with Crippen molar-refractivity contribution in [1.29, 1.82) is 0 Å². The number of rotatable bonds is 7. The molecule has 24 heavy (non-hydrogen) atoms. The van der Waals surface area contributed by atoms with Crippen molar-refractivity contribution in [3.63, 3.8) is 0 Å². The SMILES string of the molecule is CNc1ccc(C(=O)OCCOc2ccc(Cl)cc2)cc1[N+](=O)[O-]. The van der Waals surface area contributed by atoms with E-state index in [9.17, 15) is 14.9 Å². The lowest BCUT2D eigenvalue weighted by Gasteiger charge is -2.08. The van der Waals surface area contributed by atoms with Crippen LogP contribution in [0.15, 0.2) is 42.5 Å². The van der Waals surface area contributed by atoms with Crippen LogP contribution < -0.4 is 10.1 Å². The number of nitrogens with one attached hydrogen (secondary N) is 1. The molecule has 2 aromatic rings. The summed E-state index contributed by atoms with van der Waals surface area (Å²) in [7, 11) is 1.56. The third kappa shape index (κ3) is 4.60. The van der Waals surface area contributed by atoms with Crippen LogP contribution in [-0.4, -0.2) is 31.2 Å². The second-order valence-electron chi connectivity index (χ2n) is 4.68. The molecule has 1 N–H and O–H groups in total. The highest BCUT2D eigenvalue weighted by Crippen LogP contribution is 2.25. The quantitative estimate of drug-likeness (QED) is 0.355. The summed E-state index contributed by atoms with van der Waals surface area (Å²) in [6.45, 7) is 0.174. The topological polar surface area (TPSA) is 90.7 Å². The summed E-state index contributed by atoms with van der Waals surface area (Å²) in [5, 5.41) is 14.3. The van der Waals surface area contributed by atoms with Gasteiger partial charge in [-0.25, -0.2) is 4.79 Å². The van der Waals surface area contributed by atoms with Crippen LogP contribution in [-0.2, 0) is 4.74 Å². The van der Waals surface area contributed by atoms with Crippen molar-refractivity contribution in [2.75, 3.05) is 25.6 Å². The van der Waals surface area contributed by atoms with E-state index >= 15 is 0 Å². The standard InChI is InChI=1S/C16H15ClN2O5/c1-18-14-7-2-11(10-15(14)19(21)22)16(20)24-9-8-23-13-5-3-12(17)4-6-13/h2-7,10,18H,8-9H2,1H3. The fourth-order valence-electron chi connectivity index (χ4n) is 1.93. The van der Waals surface area contributed by atoms with Gasteiger partial charge < -0.3 is 14.8 Å². The number of ether oxygens (including phenoxy) is 2. The van der Waals surface area contributed by atoms with Crippen molar-refractivity contribution in [3.05, 3.63) is 63.2 Å². The molecule has 0 fully saturated rings. The molecule has 7 nitrogen and oxygen atoms in total. The number of esters is 1. The highest BCUT2D eigenvalue weighted by molar-refractivity contribution is 6.30. The zero-order valence-corrected chi connectivity index (χ0v) is 13.6. The first-order chi connectivity index (χ1) is 11.5. The molecule has 2 rings (SSSR count). The van der Waals surface area contributed by atoms with Crippen LogP contribution in [0.25, 0.3) is 0 Å². The number of nitro groups is 1. The van der Waals surface area contributed by atoms with Gasteiger partial charge in [0.1, 0.15) is 24.7 Å². The van der Waals surface area contributed by atoms with Crippen LogP contribution in [0.5, 0.6) is 5.75 Å². The van der Waals surface area contributed by atoms with Gasteiger partial charge in [-0.05, 0) is 36.4 Å². The maximum atomic E-state index is 11.9. The van der Waals surface area contributed by atoms with Gasteiger partial charge in [-0.1, -0.05) is 11.6 Å². The molecule has 0 heterocycles. The van der Waals surface area contributed by atoms with E-state index in [1.54, 1.807) is 31.3 Å². The molecule has 0 saturated heterocycles. The van der Waals surface area contributed by atoms with Gasteiger partial charge in [0.05, 0.1) is 10.5 Å².